The summed E-state index contributed by atoms with van der Waals surface area (Å²) in [6.45, 7) is 9.56. The monoisotopic (exact) mass is 514 g/mol. The number of hydrogen-bond donors (Lipinski definition) is 0. The van der Waals surface area contributed by atoms with Crippen molar-refractivity contribution in [3.05, 3.63) is 57.5 Å². The quantitative estimate of drug-likeness (QED) is 0.257. The topological polar surface area (TPSA) is 105 Å². The van der Waals surface area contributed by atoms with Crippen LogP contribution < -0.4 is 4.74 Å². The summed E-state index contributed by atoms with van der Waals surface area (Å²) in [7, 11) is -0.0333. The average molecular weight is 515 g/mol. The minimum atomic E-state index is -3.47. The molecule has 0 aliphatic heterocycles. The molecule has 2 aromatic heterocycles. The van der Waals surface area contributed by atoms with Crippen LogP contribution in [0.3, 0.4) is 0 Å². The van der Waals surface area contributed by atoms with Crippen LogP contribution in [0.25, 0.3) is 0 Å². The lowest BCUT2D eigenvalue weighted by atomic mass is 9.97. The van der Waals surface area contributed by atoms with E-state index in [0.717, 1.165) is 22.9 Å². The molecule has 0 spiro atoms. The van der Waals surface area contributed by atoms with Gasteiger partial charge in [0.05, 0.1) is 22.9 Å². The molecule has 1 aromatic carbocycles. The Bertz CT molecular complexity index is 1390. The number of hydrogen-bond acceptors (Lipinski definition) is 7. The zero-order chi connectivity index (χ0) is 27.2. The SMILES string of the molecule is C#CCOCc1c(S(C)(=O)=O)ccc(Cc2c(C)nn(C)c2OC(=O)c2cn(C)nc2C)c1C.CC. The molecule has 9 nitrogen and oxygen atoms in total. The van der Waals surface area contributed by atoms with E-state index in [1.54, 1.807) is 44.0 Å². The van der Waals surface area contributed by atoms with Gasteiger partial charge in [0.2, 0.25) is 5.88 Å². The van der Waals surface area contributed by atoms with E-state index in [0.29, 0.717) is 34.8 Å². The number of benzene rings is 1. The minimum Gasteiger partial charge on any atom is -0.404 e. The summed E-state index contributed by atoms with van der Waals surface area (Å²) < 4.78 is 38.9. The van der Waals surface area contributed by atoms with E-state index in [-0.39, 0.29) is 18.1 Å². The second-order valence-electron chi connectivity index (χ2n) is 8.16. The summed E-state index contributed by atoms with van der Waals surface area (Å²) >= 11 is 0. The number of esters is 1. The van der Waals surface area contributed by atoms with E-state index in [1.165, 1.54) is 4.68 Å². The third-order valence-corrected chi connectivity index (χ3v) is 6.76. The van der Waals surface area contributed by atoms with Gasteiger partial charge in [-0.25, -0.2) is 17.9 Å². The Morgan fingerprint density at radius 3 is 2.31 bits per heavy atom. The molecule has 0 bridgehead atoms. The highest BCUT2D eigenvalue weighted by atomic mass is 32.2. The molecule has 3 aromatic rings. The molecular formula is C26H34N4O5S. The number of aromatic nitrogens is 4. The van der Waals surface area contributed by atoms with Crippen molar-refractivity contribution in [2.24, 2.45) is 14.1 Å². The lowest BCUT2D eigenvalue weighted by Crippen LogP contribution is -2.13. The highest BCUT2D eigenvalue weighted by Crippen LogP contribution is 2.30. The van der Waals surface area contributed by atoms with Crippen molar-refractivity contribution >= 4 is 15.8 Å². The van der Waals surface area contributed by atoms with E-state index in [2.05, 4.69) is 16.1 Å². The molecule has 0 amide bonds. The van der Waals surface area contributed by atoms with Gasteiger partial charge in [0.1, 0.15) is 12.2 Å². The lowest BCUT2D eigenvalue weighted by Gasteiger charge is -2.16. The van der Waals surface area contributed by atoms with Crippen LogP contribution in [0.1, 0.15) is 57.8 Å². The van der Waals surface area contributed by atoms with Crippen LogP contribution in [0, 0.1) is 33.1 Å². The van der Waals surface area contributed by atoms with E-state index < -0.39 is 15.8 Å². The van der Waals surface area contributed by atoms with Crippen molar-refractivity contribution in [2.45, 2.75) is 52.5 Å². The third-order valence-electron chi connectivity index (χ3n) is 5.58. The van der Waals surface area contributed by atoms with E-state index in [9.17, 15) is 13.2 Å². The molecule has 0 unspecified atom stereocenters. The molecule has 3 rings (SSSR count). The standard InChI is InChI=1S/C24H28N4O5S.C2H6/c1-8-11-32-14-21-15(2)18(9-10-22(21)34(7,30)31)12-19-16(3)26-28(6)23(19)33-24(29)20-13-27(5)25-17(20)4;1-2/h1,9-10,13H,11-12,14H2,2-7H3;1-2H3. The van der Waals surface area contributed by atoms with Crippen molar-refractivity contribution in [1.29, 1.82) is 0 Å². The first-order valence-electron chi connectivity index (χ1n) is 11.5. The Morgan fingerprint density at radius 2 is 1.75 bits per heavy atom. The van der Waals surface area contributed by atoms with Gasteiger partial charge in [-0.1, -0.05) is 25.8 Å². The summed E-state index contributed by atoms with van der Waals surface area (Å²) in [5.74, 6) is 2.18. The molecule has 0 fully saturated rings. The fraction of sp³-hybridized carbons (Fsp3) is 0.423. The lowest BCUT2D eigenvalue weighted by molar-refractivity contribution is 0.0717. The Hall–Kier alpha value is -3.42. The van der Waals surface area contributed by atoms with Crippen LogP contribution >= 0.6 is 0 Å². The predicted octanol–water partition coefficient (Wildman–Crippen LogP) is 3.47. The largest absolute Gasteiger partial charge is 0.404 e. The van der Waals surface area contributed by atoms with Gasteiger partial charge >= 0.3 is 5.97 Å². The molecule has 36 heavy (non-hydrogen) atoms. The number of aryl methyl sites for hydroxylation is 4. The molecule has 0 atom stereocenters. The fourth-order valence-corrected chi connectivity index (χ4v) is 4.83. The smallest absolute Gasteiger partial charge is 0.348 e. The maximum absolute atomic E-state index is 12.8. The number of ether oxygens (including phenoxy) is 2. The number of terminal acetylenes is 1. The van der Waals surface area contributed by atoms with Crippen molar-refractivity contribution in [3.8, 4) is 18.2 Å². The van der Waals surface area contributed by atoms with E-state index in [4.69, 9.17) is 15.9 Å². The van der Waals surface area contributed by atoms with Gasteiger partial charge in [-0.15, -0.1) is 6.42 Å². The van der Waals surface area contributed by atoms with Crippen LogP contribution in [0.4, 0.5) is 0 Å². The molecular weight excluding hydrogens is 480 g/mol. The zero-order valence-electron chi connectivity index (χ0n) is 22.2. The molecule has 0 saturated carbocycles. The molecule has 0 N–H and O–H groups in total. The highest BCUT2D eigenvalue weighted by Gasteiger charge is 2.24. The number of carbonyl (C=O) groups is 1. The Labute approximate surface area is 213 Å². The maximum atomic E-state index is 12.8. The van der Waals surface area contributed by atoms with Gasteiger partial charge in [-0.2, -0.15) is 10.2 Å². The van der Waals surface area contributed by atoms with E-state index in [1.807, 2.05) is 27.7 Å². The molecule has 0 saturated heterocycles. The molecule has 0 aliphatic rings. The number of nitrogens with zero attached hydrogens (tertiary/aromatic N) is 4. The molecule has 0 aliphatic carbocycles. The normalized spacial score (nSPS) is 11.0. The van der Waals surface area contributed by atoms with Crippen molar-refractivity contribution in [3.63, 3.8) is 0 Å². The summed E-state index contributed by atoms with van der Waals surface area (Å²) in [5.41, 5.74) is 4.54. The van der Waals surface area contributed by atoms with E-state index >= 15 is 0 Å². The number of rotatable bonds is 8. The van der Waals surface area contributed by atoms with Crippen molar-refractivity contribution < 1.29 is 22.7 Å². The van der Waals surface area contributed by atoms with Crippen LogP contribution in [0.2, 0.25) is 0 Å². The number of sulfone groups is 1. The zero-order valence-corrected chi connectivity index (χ0v) is 23.0. The van der Waals surface area contributed by atoms with Crippen LogP contribution in [0.5, 0.6) is 5.88 Å². The molecule has 10 heteroatoms. The summed E-state index contributed by atoms with van der Waals surface area (Å²) in [4.78, 5) is 13.0. The van der Waals surface area contributed by atoms with Crippen LogP contribution in [0.15, 0.2) is 23.2 Å². The first-order valence-corrected chi connectivity index (χ1v) is 13.4. The Balaban J connectivity index is 0.00000222. The summed E-state index contributed by atoms with van der Waals surface area (Å²) in [6.07, 6.45) is 8.42. The molecule has 0 radical (unpaired) electrons. The minimum absolute atomic E-state index is 0.0699. The maximum Gasteiger partial charge on any atom is 0.348 e. The average Bonchev–Trinajstić information content (AvgIpc) is 3.28. The van der Waals surface area contributed by atoms with Gasteiger partial charge in [0.15, 0.2) is 9.84 Å². The molecule has 194 valence electrons. The predicted molar refractivity (Wildman–Crippen MR) is 138 cm³/mol. The Morgan fingerprint density at radius 1 is 1.08 bits per heavy atom. The van der Waals surface area contributed by atoms with Gasteiger partial charge in [-0.05, 0) is 43.5 Å². The molecule has 2 heterocycles. The second-order valence-corrected chi connectivity index (χ2v) is 10.1. The summed E-state index contributed by atoms with van der Waals surface area (Å²) in [5, 5.41) is 8.62. The highest BCUT2D eigenvalue weighted by molar-refractivity contribution is 7.90. The van der Waals surface area contributed by atoms with Gasteiger partial charge in [0, 0.05) is 38.5 Å². The first-order chi connectivity index (χ1) is 16.9. The second kappa shape index (κ2) is 12.0. The van der Waals surface area contributed by atoms with Gasteiger partial charge in [-0.3, -0.25) is 4.68 Å². The van der Waals surface area contributed by atoms with Crippen molar-refractivity contribution in [1.82, 2.24) is 19.6 Å². The third kappa shape index (κ3) is 6.42. The number of carbonyl (C=O) groups excluding carboxylic acids is 1. The van der Waals surface area contributed by atoms with Gasteiger partial charge in [0.25, 0.3) is 0 Å². The van der Waals surface area contributed by atoms with Gasteiger partial charge < -0.3 is 9.47 Å². The van der Waals surface area contributed by atoms with Crippen molar-refractivity contribution in [2.75, 3.05) is 12.9 Å². The van der Waals surface area contributed by atoms with Crippen LogP contribution in [-0.2, 0) is 41.7 Å². The summed E-state index contributed by atoms with van der Waals surface area (Å²) in [6, 6.07) is 3.34. The first kappa shape index (κ1) is 28.8. The van der Waals surface area contributed by atoms with Crippen LogP contribution in [-0.4, -0.2) is 46.8 Å². The Kier molecular flexibility index (Phi) is 9.62. The fourth-order valence-electron chi connectivity index (χ4n) is 3.86.